The highest BCUT2D eigenvalue weighted by Crippen LogP contribution is 2.52. The molecule has 156 valence electrons. The summed E-state index contributed by atoms with van der Waals surface area (Å²) in [6.07, 6.45) is 1.42. The lowest BCUT2D eigenvalue weighted by atomic mass is 10.1. The molecule has 7 nitrogen and oxygen atoms in total. The van der Waals surface area contributed by atoms with Crippen molar-refractivity contribution in [1.82, 2.24) is 0 Å². The van der Waals surface area contributed by atoms with Crippen LogP contribution in [0.4, 0.5) is 13.2 Å². The van der Waals surface area contributed by atoms with Crippen molar-refractivity contribution in [1.29, 1.82) is 0 Å². The van der Waals surface area contributed by atoms with Gasteiger partial charge in [-0.1, -0.05) is 12.1 Å². The fourth-order valence-corrected chi connectivity index (χ4v) is 6.94. The molecule has 0 saturated heterocycles. The number of benzene rings is 1. The zero-order chi connectivity index (χ0) is 20.9. The third kappa shape index (κ3) is 6.54. The van der Waals surface area contributed by atoms with E-state index in [4.69, 9.17) is 10.2 Å². The average Bonchev–Trinajstić information content (AvgIpc) is 2.53. The second-order valence-corrected chi connectivity index (χ2v) is 11.7. The van der Waals surface area contributed by atoms with E-state index in [0.717, 1.165) is 0 Å². The summed E-state index contributed by atoms with van der Waals surface area (Å²) in [6.45, 7) is -1.46. The van der Waals surface area contributed by atoms with Gasteiger partial charge < -0.3 is 10.2 Å². The molecule has 0 fully saturated rings. The van der Waals surface area contributed by atoms with Crippen LogP contribution >= 0.6 is 10.3 Å². The highest BCUT2D eigenvalue weighted by molar-refractivity contribution is 8.33. The first-order valence-corrected chi connectivity index (χ1v) is 12.4. The predicted molar refractivity (Wildman–Crippen MR) is 95.5 cm³/mol. The maximum atomic E-state index is 12.7. The van der Waals surface area contributed by atoms with Crippen molar-refractivity contribution in [3.05, 3.63) is 29.8 Å². The lowest BCUT2D eigenvalue weighted by molar-refractivity contribution is -0.0496. The Morgan fingerprint density at radius 1 is 1.11 bits per heavy atom. The molecule has 0 aromatic heterocycles. The second kappa shape index (κ2) is 9.47. The van der Waals surface area contributed by atoms with E-state index in [-0.39, 0.29) is 5.56 Å². The summed E-state index contributed by atoms with van der Waals surface area (Å²) in [4.78, 5) is 12.9. The normalized spacial score (nSPS) is 14.7. The van der Waals surface area contributed by atoms with Crippen molar-refractivity contribution in [2.75, 3.05) is 36.7 Å². The second-order valence-electron chi connectivity index (χ2n) is 5.34. The van der Waals surface area contributed by atoms with Gasteiger partial charge in [0.1, 0.15) is 0 Å². The summed E-state index contributed by atoms with van der Waals surface area (Å²) in [7, 11) is -10.7. The van der Waals surface area contributed by atoms with E-state index < -0.39 is 73.0 Å². The van der Waals surface area contributed by atoms with E-state index in [1.165, 1.54) is 30.5 Å². The van der Waals surface area contributed by atoms with Gasteiger partial charge in [-0.05, 0) is 12.1 Å². The molecule has 0 heterocycles. The number of ketones is 1. The number of carbonyl (C=O) groups excluding carboxylic acids is 1. The Kier molecular flexibility index (Phi) is 8.44. The van der Waals surface area contributed by atoms with Crippen LogP contribution in [0.15, 0.2) is 29.2 Å². The quantitative estimate of drug-likeness (QED) is 0.404. The van der Waals surface area contributed by atoms with Crippen LogP contribution in [0, 0.1) is 0 Å². The van der Waals surface area contributed by atoms with E-state index in [1.807, 2.05) is 0 Å². The molecule has 0 bridgehead atoms. The summed E-state index contributed by atoms with van der Waals surface area (Å²) in [5, 5.41) is 18.3. The van der Waals surface area contributed by atoms with E-state index >= 15 is 0 Å². The summed E-state index contributed by atoms with van der Waals surface area (Å²) in [6, 6.07) is 5.40. The molecular weight excluding hydrogens is 433 g/mol. The van der Waals surface area contributed by atoms with E-state index in [1.54, 1.807) is 0 Å². The van der Waals surface area contributed by atoms with Crippen molar-refractivity contribution in [2.45, 2.75) is 10.4 Å². The lowest BCUT2D eigenvalue weighted by Crippen LogP contribution is -2.33. The number of alkyl halides is 3. The van der Waals surface area contributed by atoms with Gasteiger partial charge in [0.05, 0.1) is 19.0 Å². The van der Waals surface area contributed by atoms with Gasteiger partial charge in [0.2, 0.25) is 0 Å². The maximum Gasteiger partial charge on any atom is 0.523 e. The van der Waals surface area contributed by atoms with Gasteiger partial charge in [-0.15, -0.1) is 10.3 Å². The predicted octanol–water partition coefficient (Wildman–Crippen LogP) is 1.18. The van der Waals surface area contributed by atoms with Gasteiger partial charge in [0, 0.05) is 39.0 Å². The number of halogens is 3. The third-order valence-electron chi connectivity index (χ3n) is 3.35. The maximum absolute atomic E-state index is 12.7. The van der Waals surface area contributed by atoms with Crippen molar-refractivity contribution < 1.29 is 44.4 Å². The van der Waals surface area contributed by atoms with Gasteiger partial charge in [-0.25, -0.2) is 3.63 Å². The minimum atomic E-state index is -6.02. The molecule has 0 spiro atoms. The molecule has 1 unspecified atom stereocenters. The highest BCUT2D eigenvalue weighted by Gasteiger charge is 2.51. The zero-order valence-corrected chi connectivity index (χ0v) is 16.6. The summed E-state index contributed by atoms with van der Waals surface area (Å²) >= 11 is 0. The van der Waals surface area contributed by atoms with Crippen molar-refractivity contribution in [2.24, 2.45) is 0 Å². The molecular formula is C14H19F3O7S3. The van der Waals surface area contributed by atoms with Crippen molar-refractivity contribution in [3.8, 4) is 0 Å². The minimum Gasteiger partial charge on any atom is -0.395 e. The molecule has 1 atom stereocenters. The Morgan fingerprint density at radius 3 is 1.96 bits per heavy atom. The number of hydrogen-bond acceptors (Lipinski definition) is 7. The number of aliphatic hydroxyl groups is 2. The number of hydrogen-bond donors (Lipinski definition) is 2. The van der Waals surface area contributed by atoms with Crippen LogP contribution in [0.5, 0.6) is 0 Å². The van der Waals surface area contributed by atoms with E-state index in [2.05, 4.69) is 3.63 Å². The van der Waals surface area contributed by atoms with Crippen LogP contribution in [0.25, 0.3) is 0 Å². The molecule has 0 saturated carbocycles. The first-order valence-electron chi connectivity index (χ1n) is 7.34. The van der Waals surface area contributed by atoms with Crippen LogP contribution in [0.2, 0.25) is 0 Å². The van der Waals surface area contributed by atoms with Gasteiger partial charge in [-0.2, -0.15) is 21.6 Å². The molecule has 0 aliphatic heterocycles. The molecule has 2 N–H and O–H groups in total. The third-order valence-corrected chi connectivity index (χ3v) is 9.36. The van der Waals surface area contributed by atoms with Gasteiger partial charge in [0.25, 0.3) is 0 Å². The Morgan fingerprint density at radius 2 is 1.59 bits per heavy atom. The number of rotatable bonds is 10. The highest BCUT2D eigenvalue weighted by atomic mass is 32.3. The monoisotopic (exact) mass is 452 g/mol. The van der Waals surface area contributed by atoms with E-state index in [0.29, 0.717) is 4.90 Å². The standard InChI is InChI=1S/C14H19F3O7S3/c1-25(21)12-4-2-11(3-5-12)13(20)10-26(8-6-18,9-7-19)24-27(22,23)14(15,16)17/h2-5,18-19H,6-10H2,1H3. The van der Waals surface area contributed by atoms with Gasteiger partial charge >= 0.3 is 15.6 Å². The Balaban J connectivity index is 3.19. The Hall–Kier alpha value is -0.990. The molecule has 0 aliphatic rings. The Labute approximate surface area is 158 Å². The molecule has 27 heavy (non-hydrogen) atoms. The smallest absolute Gasteiger partial charge is 0.395 e. The van der Waals surface area contributed by atoms with Gasteiger partial charge in [0.15, 0.2) is 5.78 Å². The fraction of sp³-hybridized carbons (Fsp3) is 0.500. The van der Waals surface area contributed by atoms with Crippen LogP contribution in [-0.4, -0.2) is 70.9 Å². The van der Waals surface area contributed by atoms with Crippen LogP contribution in [0.3, 0.4) is 0 Å². The number of aliphatic hydroxyl groups excluding tert-OH is 2. The van der Waals surface area contributed by atoms with Crippen LogP contribution < -0.4 is 0 Å². The number of Topliss-reactive ketones (excluding diaryl/α,β-unsaturated/α-hetero) is 1. The molecule has 1 aromatic carbocycles. The van der Waals surface area contributed by atoms with E-state index in [9.17, 15) is 30.6 Å². The lowest BCUT2D eigenvalue weighted by Gasteiger charge is -2.37. The fourth-order valence-electron chi connectivity index (χ4n) is 2.05. The zero-order valence-electron chi connectivity index (χ0n) is 14.1. The van der Waals surface area contributed by atoms with Crippen LogP contribution in [-0.2, 0) is 24.5 Å². The summed E-state index contributed by atoms with van der Waals surface area (Å²) < 4.78 is 76.6. The molecule has 0 aliphatic carbocycles. The molecule has 13 heteroatoms. The Bertz CT molecular complexity index is 770. The first kappa shape index (κ1) is 24.0. The van der Waals surface area contributed by atoms with Crippen molar-refractivity contribution in [3.63, 3.8) is 0 Å². The number of carbonyl (C=O) groups is 1. The largest absolute Gasteiger partial charge is 0.523 e. The average molecular weight is 452 g/mol. The SMILES string of the molecule is CS(=O)c1ccc(C(=O)CS(CCO)(CCO)OS(=O)(=O)C(F)(F)F)cc1. The van der Waals surface area contributed by atoms with Gasteiger partial charge in [-0.3, -0.25) is 9.00 Å². The minimum absolute atomic E-state index is 0.0463. The van der Waals surface area contributed by atoms with Crippen molar-refractivity contribution >= 4 is 37.0 Å². The molecule has 0 radical (unpaired) electrons. The topological polar surface area (TPSA) is 118 Å². The summed E-state index contributed by atoms with van der Waals surface area (Å²) in [5.74, 6) is -2.53. The molecule has 1 aromatic rings. The van der Waals surface area contributed by atoms with Crippen LogP contribution in [0.1, 0.15) is 10.4 Å². The molecule has 1 rings (SSSR count). The molecule has 0 amide bonds. The first-order chi connectivity index (χ1) is 12.4. The summed E-state index contributed by atoms with van der Waals surface area (Å²) in [5.41, 5.74) is -5.66.